The first-order valence-electron chi connectivity index (χ1n) is 6.77. The lowest BCUT2D eigenvalue weighted by Gasteiger charge is -2.16. The van der Waals surface area contributed by atoms with Crippen molar-refractivity contribution >= 4 is 22.5 Å². The zero-order valence-electron chi connectivity index (χ0n) is 13.1. The fourth-order valence-electron chi connectivity index (χ4n) is 2.57. The molecule has 0 saturated heterocycles. The van der Waals surface area contributed by atoms with Crippen molar-refractivity contribution in [1.82, 2.24) is 0 Å². The SMILES string of the molecule is COC(=O)Cc1cc2cccc(OC)c2c(OC)c1C(C)=O. The molecule has 0 spiro atoms. The number of ketones is 1. The highest BCUT2D eigenvalue weighted by atomic mass is 16.5. The summed E-state index contributed by atoms with van der Waals surface area (Å²) in [5.41, 5.74) is 0.960. The first kappa shape index (κ1) is 15.8. The van der Waals surface area contributed by atoms with Gasteiger partial charge in [0.1, 0.15) is 11.5 Å². The predicted molar refractivity (Wildman–Crippen MR) is 82.8 cm³/mol. The van der Waals surface area contributed by atoms with Gasteiger partial charge in [-0.05, 0) is 30.0 Å². The monoisotopic (exact) mass is 302 g/mol. The highest BCUT2D eigenvalue weighted by Crippen LogP contribution is 2.39. The molecule has 2 rings (SSSR count). The van der Waals surface area contributed by atoms with E-state index in [0.29, 0.717) is 28.0 Å². The largest absolute Gasteiger partial charge is 0.496 e. The van der Waals surface area contributed by atoms with Crippen LogP contribution >= 0.6 is 0 Å². The number of ether oxygens (including phenoxy) is 3. The number of esters is 1. The summed E-state index contributed by atoms with van der Waals surface area (Å²) in [4.78, 5) is 23.7. The van der Waals surface area contributed by atoms with Gasteiger partial charge in [0.25, 0.3) is 0 Å². The van der Waals surface area contributed by atoms with Crippen LogP contribution in [0, 0.1) is 0 Å². The molecule has 5 heteroatoms. The fourth-order valence-corrected chi connectivity index (χ4v) is 2.57. The van der Waals surface area contributed by atoms with Crippen molar-refractivity contribution in [3.8, 4) is 11.5 Å². The van der Waals surface area contributed by atoms with E-state index in [-0.39, 0.29) is 12.2 Å². The maximum Gasteiger partial charge on any atom is 0.310 e. The van der Waals surface area contributed by atoms with E-state index in [0.717, 1.165) is 5.39 Å². The van der Waals surface area contributed by atoms with Gasteiger partial charge in [0, 0.05) is 0 Å². The van der Waals surface area contributed by atoms with Crippen molar-refractivity contribution < 1.29 is 23.8 Å². The van der Waals surface area contributed by atoms with E-state index in [4.69, 9.17) is 14.2 Å². The lowest BCUT2D eigenvalue weighted by molar-refractivity contribution is -0.139. The molecular weight excluding hydrogens is 284 g/mol. The van der Waals surface area contributed by atoms with Crippen LogP contribution in [-0.2, 0) is 16.0 Å². The van der Waals surface area contributed by atoms with Gasteiger partial charge in [-0.2, -0.15) is 0 Å². The third kappa shape index (κ3) is 2.74. The Morgan fingerprint density at radius 1 is 1.09 bits per heavy atom. The molecule has 22 heavy (non-hydrogen) atoms. The Hall–Kier alpha value is -2.56. The Bertz CT molecular complexity index is 733. The molecule has 2 aromatic rings. The zero-order valence-corrected chi connectivity index (χ0v) is 13.1. The number of carbonyl (C=O) groups excluding carboxylic acids is 2. The van der Waals surface area contributed by atoms with Crippen molar-refractivity contribution in [3.05, 3.63) is 35.4 Å². The normalized spacial score (nSPS) is 10.4. The molecule has 0 amide bonds. The Kier molecular flexibility index (Phi) is 4.65. The van der Waals surface area contributed by atoms with E-state index >= 15 is 0 Å². The maximum absolute atomic E-state index is 12.1. The van der Waals surface area contributed by atoms with Gasteiger partial charge in [0.2, 0.25) is 0 Å². The second kappa shape index (κ2) is 6.47. The van der Waals surface area contributed by atoms with Gasteiger partial charge in [-0.3, -0.25) is 9.59 Å². The van der Waals surface area contributed by atoms with Crippen molar-refractivity contribution in [2.75, 3.05) is 21.3 Å². The quantitative estimate of drug-likeness (QED) is 0.628. The molecule has 0 radical (unpaired) electrons. The van der Waals surface area contributed by atoms with Gasteiger partial charge >= 0.3 is 5.97 Å². The molecule has 0 N–H and O–H groups in total. The standard InChI is InChI=1S/C17H18O5/c1-10(18)15-12(9-14(19)21-3)8-11-6-5-7-13(20-2)16(11)17(15)22-4/h5-8H,9H2,1-4H3. The highest BCUT2D eigenvalue weighted by molar-refractivity contribution is 6.07. The van der Waals surface area contributed by atoms with Gasteiger partial charge in [0.05, 0.1) is 38.7 Å². The van der Waals surface area contributed by atoms with E-state index in [1.807, 2.05) is 12.1 Å². The fraction of sp³-hybridized carbons (Fsp3) is 0.294. The summed E-state index contributed by atoms with van der Waals surface area (Å²) in [6.45, 7) is 1.44. The van der Waals surface area contributed by atoms with E-state index < -0.39 is 5.97 Å². The predicted octanol–water partition coefficient (Wildman–Crippen LogP) is 2.78. The number of fused-ring (bicyclic) bond motifs is 1. The molecular formula is C17H18O5. The molecule has 0 saturated carbocycles. The van der Waals surface area contributed by atoms with Crippen LogP contribution in [0.25, 0.3) is 10.8 Å². The van der Waals surface area contributed by atoms with Crippen LogP contribution in [0.2, 0.25) is 0 Å². The summed E-state index contributed by atoms with van der Waals surface area (Å²) in [6.07, 6.45) is 0.00885. The maximum atomic E-state index is 12.1. The minimum absolute atomic E-state index is 0.00885. The molecule has 0 unspecified atom stereocenters. The van der Waals surface area contributed by atoms with Crippen molar-refractivity contribution in [3.63, 3.8) is 0 Å². The van der Waals surface area contributed by atoms with Crippen LogP contribution in [0.1, 0.15) is 22.8 Å². The van der Waals surface area contributed by atoms with Crippen LogP contribution < -0.4 is 9.47 Å². The van der Waals surface area contributed by atoms with E-state index in [9.17, 15) is 9.59 Å². The highest BCUT2D eigenvalue weighted by Gasteiger charge is 2.21. The van der Waals surface area contributed by atoms with Crippen LogP contribution in [0.3, 0.4) is 0 Å². The first-order chi connectivity index (χ1) is 10.5. The minimum Gasteiger partial charge on any atom is -0.496 e. The third-order valence-corrected chi connectivity index (χ3v) is 3.50. The molecule has 0 heterocycles. The van der Waals surface area contributed by atoms with Crippen LogP contribution in [0.5, 0.6) is 11.5 Å². The molecule has 0 bridgehead atoms. The summed E-state index contributed by atoms with van der Waals surface area (Å²) in [5, 5.41) is 1.55. The van der Waals surface area contributed by atoms with Gasteiger partial charge in [0.15, 0.2) is 5.78 Å². The summed E-state index contributed by atoms with van der Waals surface area (Å²) < 4.78 is 15.5. The number of benzene rings is 2. The van der Waals surface area contributed by atoms with Gasteiger partial charge in [-0.25, -0.2) is 0 Å². The smallest absolute Gasteiger partial charge is 0.310 e. The molecule has 116 valence electrons. The number of hydrogen-bond acceptors (Lipinski definition) is 5. The molecule has 0 atom stereocenters. The number of hydrogen-bond donors (Lipinski definition) is 0. The number of Topliss-reactive ketones (excluding diaryl/α,β-unsaturated/α-hetero) is 1. The van der Waals surface area contributed by atoms with Crippen LogP contribution in [-0.4, -0.2) is 33.1 Å². The second-order valence-corrected chi connectivity index (χ2v) is 4.81. The summed E-state index contributed by atoms with van der Waals surface area (Å²) in [5.74, 6) is 0.443. The lowest BCUT2D eigenvalue weighted by atomic mass is 9.94. The molecule has 0 aliphatic heterocycles. The Morgan fingerprint density at radius 2 is 1.82 bits per heavy atom. The molecule has 0 aliphatic carbocycles. The number of carbonyl (C=O) groups is 2. The van der Waals surface area contributed by atoms with E-state index in [1.165, 1.54) is 21.1 Å². The topological polar surface area (TPSA) is 61.8 Å². The van der Waals surface area contributed by atoms with Gasteiger partial charge < -0.3 is 14.2 Å². The van der Waals surface area contributed by atoms with Crippen LogP contribution in [0.4, 0.5) is 0 Å². The van der Waals surface area contributed by atoms with E-state index in [1.54, 1.807) is 19.2 Å². The van der Waals surface area contributed by atoms with Crippen LogP contribution in [0.15, 0.2) is 24.3 Å². The minimum atomic E-state index is -0.410. The van der Waals surface area contributed by atoms with Gasteiger partial charge in [-0.1, -0.05) is 12.1 Å². The molecule has 0 aliphatic rings. The zero-order chi connectivity index (χ0) is 16.3. The van der Waals surface area contributed by atoms with Gasteiger partial charge in [-0.15, -0.1) is 0 Å². The summed E-state index contributed by atoms with van der Waals surface area (Å²) >= 11 is 0. The summed E-state index contributed by atoms with van der Waals surface area (Å²) in [7, 11) is 4.37. The van der Waals surface area contributed by atoms with E-state index in [2.05, 4.69) is 0 Å². The Labute approximate surface area is 128 Å². The number of rotatable bonds is 5. The summed E-state index contributed by atoms with van der Waals surface area (Å²) in [6, 6.07) is 7.32. The molecule has 0 aromatic heterocycles. The average molecular weight is 302 g/mol. The molecule has 2 aromatic carbocycles. The van der Waals surface area contributed by atoms with Crippen molar-refractivity contribution in [2.24, 2.45) is 0 Å². The molecule has 0 fully saturated rings. The lowest BCUT2D eigenvalue weighted by Crippen LogP contribution is -2.11. The van der Waals surface area contributed by atoms with Crippen molar-refractivity contribution in [1.29, 1.82) is 0 Å². The number of methoxy groups -OCH3 is 3. The Morgan fingerprint density at radius 3 is 2.36 bits per heavy atom. The average Bonchev–Trinajstić information content (AvgIpc) is 2.52. The van der Waals surface area contributed by atoms with Crippen molar-refractivity contribution in [2.45, 2.75) is 13.3 Å². The third-order valence-electron chi connectivity index (χ3n) is 3.50. The second-order valence-electron chi connectivity index (χ2n) is 4.81. The molecule has 5 nitrogen and oxygen atoms in total. The first-order valence-corrected chi connectivity index (χ1v) is 6.77. The Balaban J connectivity index is 2.83.